The molecule has 0 aliphatic heterocycles. The number of aliphatic carboxylic acids is 1. The molecular weight excluding hydrogens is 309 g/mol. The highest BCUT2D eigenvalue weighted by Gasteiger charge is 2.33. The van der Waals surface area contributed by atoms with Crippen molar-refractivity contribution in [1.29, 1.82) is 0 Å². The van der Waals surface area contributed by atoms with Gasteiger partial charge >= 0.3 is 5.97 Å². The fraction of sp³-hybridized carbons (Fsp3) is 0.263. The fourth-order valence-electron chi connectivity index (χ4n) is 2.54. The summed E-state index contributed by atoms with van der Waals surface area (Å²) in [5.74, 6) is -2.76. The van der Waals surface area contributed by atoms with Crippen LogP contribution in [0.4, 0.5) is 4.39 Å². The summed E-state index contributed by atoms with van der Waals surface area (Å²) in [4.78, 5) is 24.0. The van der Waals surface area contributed by atoms with Crippen LogP contribution in [0.25, 0.3) is 0 Å². The maximum atomic E-state index is 14.0. The molecule has 0 spiro atoms. The van der Waals surface area contributed by atoms with Gasteiger partial charge in [-0.05, 0) is 25.5 Å². The van der Waals surface area contributed by atoms with E-state index in [2.05, 4.69) is 5.32 Å². The monoisotopic (exact) mass is 329 g/mol. The molecule has 0 aromatic heterocycles. The highest BCUT2D eigenvalue weighted by molar-refractivity contribution is 5.88. The molecule has 1 atom stereocenters. The Labute approximate surface area is 140 Å². The lowest BCUT2D eigenvalue weighted by Gasteiger charge is -2.25. The van der Waals surface area contributed by atoms with E-state index in [1.165, 1.54) is 6.07 Å². The average Bonchev–Trinajstić information content (AvgIpc) is 2.55. The van der Waals surface area contributed by atoms with Crippen LogP contribution in [0.15, 0.2) is 54.6 Å². The van der Waals surface area contributed by atoms with E-state index in [1.807, 2.05) is 0 Å². The smallest absolute Gasteiger partial charge is 0.312 e. The zero-order valence-electron chi connectivity index (χ0n) is 13.6. The third-order valence-electron chi connectivity index (χ3n) is 4.08. The highest BCUT2D eigenvalue weighted by atomic mass is 19.1. The number of hydrogen-bond acceptors (Lipinski definition) is 2. The third-order valence-corrected chi connectivity index (χ3v) is 4.08. The Morgan fingerprint density at radius 3 is 2.25 bits per heavy atom. The van der Waals surface area contributed by atoms with Crippen molar-refractivity contribution in [2.75, 3.05) is 6.54 Å². The number of halogens is 1. The molecule has 2 aromatic rings. The molecule has 126 valence electrons. The Morgan fingerprint density at radius 1 is 1.08 bits per heavy atom. The molecule has 2 rings (SSSR count). The summed E-state index contributed by atoms with van der Waals surface area (Å²) < 4.78 is 14.0. The van der Waals surface area contributed by atoms with Gasteiger partial charge in [0.1, 0.15) is 5.82 Å². The van der Waals surface area contributed by atoms with E-state index in [4.69, 9.17) is 0 Å². The molecule has 1 unspecified atom stereocenters. The number of amides is 1. The minimum atomic E-state index is -1.11. The fourth-order valence-corrected chi connectivity index (χ4v) is 2.54. The Hall–Kier alpha value is -2.69. The topological polar surface area (TPSA) is 66.4 Å². The first-order valence-corrected chi connectivity index (χ1v) is 7.65. The van der Waals surface area contributed by atoms with Crippen LogP contribution in [0.3, 0.4) is 0 Å². The molecule has 0 saturated carbocycles. The van der Waals surface area contributed by atoms with Crippen LogP contribution in [0, 0.1) is 5.82 Å². The zero-order chi connectivity index (χ0) is 17.7. The standard InChI is InChI=1S/C19H20FNO3/c1-19(2,15-10-6-7-11-16(15)20)18(24)21-12-14(17(22)23)13-8-4-3-5-9-13/h3-11,14H,12H2,1-2H3,(H,21,24)(H,22,23). The average molecular weight is 329 g/mol. The molecule has 1 amide bonds. The van der Waals surface area contributed by atoms with Crippen molar-refractivity contribution < 1.29 is 19.1 Å². The van der Waals surface area contributed by atoms with Crippen molar-refractivity contribution in [1.82, 2.24) is 5.32 Å². The van der Waals surface area contributed by atoms with Gasteiger partial charge in [-0.25, -0.2) is 4.39 Å². The second kappa shape index (κ2) is 7.25. The second-order valence-corrected chi connectivity index (χ2v) is 6.12. The minimum Gasteiger partial charge on any atom is -0.481 e. The Bertz CT molecular complexity index is 728. The molecule has 0 fully saturated rings. The van der Waals surface area contributed by atoms with Crippen LogP contribution in [0.5, 0.6) is 0 Å². The van der Waals surface area contributed by atoms with Gasteiger partial charge in [0, 0.05) is 12.1 Å². The molecule has 24 heavy (non-hydrogen) atoms. The van der Waals surface area contributed by atoms with Gasteiger partial charge < -0.3 is 10.4 Å². The van der Waals surface area contributed by atoms with Crippen LogP contribution in [-0.2, 0) is 15.0 Å². The van der Waals surface area contributed by atoms with E-state index in [9.17, 15) is 19.1 Å². The molecule has 0 aliphatic rings. The molecular formula is C19H20FNO3. The minimum absolute atomic E-state index is 0.0595. The molecule has 4 nitrogen and oxygen atoms in total. The van der Waals surface area contributed by atoms with Gasteiger partial charge in [0.05, 0.1) is 11.3 Å². The number of rotatable bonds is 6. The number of hydrogen-bond donors (Lipinski definition) is 2. The second-order valence-electron chi connectivity index (χ2n) is 6.12. The Kier molecular flexibility index (Phi) is 5.34. The quantitative estimate of drug-likeness (QED) is 0.856. The summed E-state index contributed by atoms with van der Waals surface area (Å²) in [5.41, 5.74) is -0.228. The summed E-state index contributed by atoms with van der Waals surface area (Å²) in [6.45, 7) is 3.16. The van der Waals surface area contributed by atoms with Crippen LogP contribution in [0.1, 0.15) is 30.9 Å². The van der Waals surface area contributed by atoms with E-state index >= 15 is 0 Å². The van der Waals surface area contributed by atoms with Gasteiger partial charge in [-0.2, -0.15) is 0 Å². The van der Waals surface area contributed by atoms with Crippen molar-refractivity contribution >= 4 is 11.9 Å². The van der Waals surface area contributed by atoms with Crippen LogP contribution in [-0.4, -0.2) is 23.5 Å². The van der Waals surface area contributed by atoms with E-state index in [0.29, 0.717) is 5.56 Å². The maximum absolute atomic E-state index is 14.0. The predicted molar refractivity (Wildman–Crippen MR) is 89.3 cm³/mol. The van der Waals surface area contributed by atoms with Gasteiger partial charge in [0.25, 0.3) is 0 Å². The summed E-state index contributed by atoms with van der Waals surface area (Å²) in [6.07, 6.45) is 0. The summed E-state index contributed by atoms with van der Waals surface area (Å²) in [6, 6.07) is 14.8. The zero-order valence-corrected chi connectivity index (χ0v) is 13.6. The number of carboxylic acid groups (broad SMARTS) is 1. The van der Waals surface area contributed by atoms with Crippen molar-refractivity contribution in [3.63, 3.8) is 0 Å². The Morgan fingerprint density at radius 2 is 1.67 bits per heavy atom. The number of benzene rings is 2. The van der Waals surface area contributed by atoms with Crippen molar-refractivity contribution in [2.45, 2.75) is 25.2 Å². The lowest BCUT2D eigenvalue weighted by atomic mass is 9.83. The number of carboxylic acids is 1. The molecule has 0 aliphatic carbocycles. The van der Waals surface area contributed by atoms with Gasteiger partial charge in [0.15, 0.2) is 0 Å². The van der Waals surface area contributed by atoms with Gasteiger partial charge in [0.2, 0.25) is 5.91 Å². The van der Waals surface area contributed by atoms with E-state index < -0.39 is 29.0 Å². The lowest BCUT2D eigenvalue weighted by Crippen LogP contribution is -2.43. The largest absolute Gasteiger partial charge is 0.481 e. The van der Waals surface area contributed by atoms with Gasteiger partial charge in [-0.15, -0.1) is 0 Å². The SMILES string of the molecule is CC(C)(C(=O)NCC(C(=O)O)c1ccccc1)c1ccccc1F. The van der Waals surface area contributed by atoms with E-state index in [0.717, 1.165) is 0 Å². The van der Waals surface area contributed by atoms with Crippen molar-refractivity contribution in [3.8, 4) is 0 Å². The molecule has 5 heteroatoms. The molecule has 0 radical (unpaired) electrons. The first kappa shape index (κ1) is 17.7. The molecule has 2 aromatic carbocycles. The van der Waals surface area contributed by atoms with E-state index in [-0.39, 0.29) is 12.1 Å². The molecule has 0 saturated heterocycles. The first-order chi connectivity index (χ1) is 11.3. The normalized spacial score (nSPS) is 12.5. The predicted octanol–water partition coefficient (Wildman–Crippen LogP) is 3.09. The van der Waals surface area contributed by atoms with Crippen LogP contribution in [0.2, 0.25) is 0 Å². The number of carbonyl (C=O) groups excluding carboxylic acids is 1. The first-order valence-electron chi connectivity index (χ1n) is 7.65. The highest BCUT2D eigenvalue weighted by Crippen LogP contribution is 2.26. The maximum Gasteiger partial charge on any atom is 0.312 e. The Balaban J connectivity index is 2.14. The summed E-state index contributed by atoms with van der Waals surface area (Å²) in [5, 5.41) is 12.0. The van der Waals surface area contributed by atoms with Crippen LogP contribution < -0.4 is 5.32 Å². The number of carbonyl (C=O) groups is 2. The molecule has 0 bridgehead atoms. The van der Waals surface area contributed by atoms with Crippen molar-refractivity contribution in [2.24, 2.45) is 0 Å². The molecule has 2 N–H and O–H groups in total. The lowest BCUT2D eigenvalue weighted by molar-refractivity contribution is -0.138. The number of nitrogens with one attached hydrogen (secondary N) is 1. The summed E-state index contributed by atoms with van der Waals surface area (Å²) in [7, 11) is 0. The molecule has 0 heterocycles. The van der Waals surface area contributed by atoms with Gasteiger partial charge in [-0.3, -0.25) is 9.59 Å². The van der Waals surface area contributed by atoms with Crippen LogP contribution >= 0.6 is 0 Å². The van der Waals surface area contributed by atoms with Gasteiger partial charge in [-0.1, -0.05) is 48.5 Å². The van der Waals surface area contributed by atoms with E-state index in [1.54, 1.807) is 62.4 Å². The third kappa shape index (κ3) is 3.79. The van der Waals surface area contributed by atoms with Crippen molar-refractivity contribution in [3.05, 3.63) is 71.5 Å². The summed E-state index contributed by atoms with van der Waals surface area (Å²) >= 11 is 0.